The van der Waals surface area contributed by atoms with Gasteiger partial charge in [-0.3, -0.25) is 0 Å². The zero-order chi connectivity index (χ0) is 12.7. The predicted molar refractivity (Wildman–Crippen MR) is 73.9 cm³/mol. The quantitative estimate of drug-likeness (QED) is 0.750. The minimum absolute atomic E-state index is 0.154. The van der Waals surface area contributed by atoms with Crippen molar-refractivity contribution in [3.8, 4) is 5.75 Å². The Kier molecular flexibility index (Phi) is 6.38. The Bertz CT molecular complexity index is 328. The van der Waals surface area contributed by atoms with E-state index < -0.39 is 0 Å². The average molecular weight is 256 g/mol. The Hall–Kier alpha value is -0.730. The highest BCUT2D eigenvalue weighted by Crippen LogP contribution is 2.25. The van der Waals surface area contributed by atoms with Crippen molar-refractivity contribution in [3.05, 3.63) is 29.3 Å². The van der Waals surface area contributed by atoms with Crippen LogP contribution >= 0.6 is 11.6 Å². The van der Waals surface area contributed by atoms with E-state index in [2.05, 4.69) is 26.1 Å². The van der Waals surface area contributed by atoms with Crippen molar-refractivity contribution in [1.82, 2.24) is 5.32 Å². The molecule has 0 heterocycles. The van der Waals surface area contributed by atoms with E-state index in [-0.39, 0.29) is 6.10 Å². The van der Waals surface area contributed by atoms with E-state index in [0.29, 0.717) is 10.9 Å². The molecule has 1 atom stereocenters. The summed E-state index contributed by atoms with van der Waals surface area (Å²) in [5, 5.41) is 4.06. The van der Waals surface area contributed by atoms with E-state index in [1.54, 1.807) is 0 Å². The number of halogens is 1. The van der Waals surface area contributed by atoms with Crippen molar-refractivity contribution in [2.45, 2.75) is 33.3 Å². The lowest BCUT2D eigenvalue weighted by Crippen LogP contribution is -2.35. The van der Waals surface area contributed by atoms with Gasteiger partial charge in [-0.05, 0) is 31.0 Å². The summed E-state index contributed by atoms with van der Waals surface area (Å²) in [7, 11) is 0. The second kappa shape index (κ2) is 7.57. The standard InChI is InChI=1S/C14H22ClNO/c1-4-9-16-10-14(11(2)3)17-13-8-6-5-7-12(13)15/h5-8,11,14,16H,4,9-10H2,1-3H3. The summed E-state index contributed by atoms with van der Waals surface area (Å²) in [6.07, 6.45) is 1.29. The molecule has 2 nitrogen and oxygen atoms in total. The monoisotopic (exact) mass is 255 g/mol. The van der Waals surface area contributed by atoms with Crippen LogP contribution in [0.2, 0.25) is 5.02 Å². The summed E-state index contributed by atoms with van der Waals surface area (Å²) in [5.41, 5.74) is 0. The van der Waals surface area contributed by atoms with Gasteiger partial charge in [0.15, 0.2) is 0 Å². The molecular weight excluding hydrogens is 234 g/mol. The first-order valence-corrected chi connectivity index (χ1v) is 6.64. The number of rotatable bonds is 7. The summed E-state index contributed by atoms with van der Waals surface area (Å²) in [6, 6.07) is 7.62. The van der Waals surface area contributed by atoms with Crippen molar-refractivity contribution < 1.29 is 4.74 Å². The van der Waals surface area contributed by atoms with E-state index in [9.17, 15) is 0 Å². The fourth-order valence-electron chi connectivity index (χ4n) is 1.54. The number of ether oxygens (including phenoxy) is 1. The van der Waals surface area contributed by atoms with E-state index in [1.807, 2.05) is 24.3 Å². The highest BCUT2D eigenvalue weighted by molar-refractivity contribution is 6.32. The first-order chi connectivity index (χ1) is 8.15. The summed E-state index contributed by atoms with van der Waals surface area (Å²) < 4.78 is 5.96. The molecular formula is C14H22ClNO. The smallest absolute Gasteiger partial charge is 0.138 e. The van der Waals surface area contributed by atoms with Gasteiger partial charge in [0.1, 0.15) is 11.9 Å². The van der Waals surface area contributed by atoms with E-state index in [0.717, 1.165) is 25.3 Å². The Labute approximate surface area is 109 Å². The van der Waals surface area contributed by atoms with Crippen LogP contribution in [0.15, 0.2) is 24.3 Å². The van der Waals surface area contributed by atoms with Gasteiger partial charge in [-0.2, -0.15) is 0 Å². The molecule has 0 saturated carbocycles. The molecule has 1 unspecified atom stereocenters. The van der Waals surface area contributed by atoms with E-state index in [1.165, 1.54) is 0 Å². The maximum absolute atomic E-state index is 6.09. The van der Waals surface area contributed by atoms with Gasteiger partial charge in [-0.15, -0.1) is 0 Å². The summed E-state index contributed by atoms with van der Waals surface area (Å²) >= 11 is 6.09. The van der Waals surface area contributed by atoms with Crippen LogP contribution in [0.1, 0.15) is 27.2 Å². The molecule has 0 aliphatic rings. The molecule has 0 aromatic heterocycles. The molecule has 1 N–H and O–H groups in total. The maximum atomic E-state index is 6.09. The molecule has 96 valence electrons. The number of nitrogens with one attached hydrogen (secondary N) is 1. The lowest BCUT2D eigenvalue weighted by molar-refractivity contribution is 0.149. The SMILES string of the molecule is CCCNCC(Oc1ccccc1Cl)C(C)C. The Balaban J connectivity index is 2.57. The van der Waals surface area contributed by atoms with Crippen molar-refractivity contribution in [3.63, 3.8) is 0 Å². The van der Waals surface area contributed by atoms with Crippen LogP contribution in [0.3, 0.4) is 0 Å². The number of para-hydroxylation sites is 1. The van der Waals surface area contributed by atoms with Crippen molar-refractivity contribution in [2.24, 2.45) is 5.92 Å². The molecule has 0 aliphatic carbocycles. The lowest BCUT2D eigenvalue weighted by Gasteiger charge is -2.23. The van der Waals surface area contributed by atoms with E-state index >= 15 is 0 Å². The zero-order valence-electron chi connectivity index (χ0n) is 10.9. The second-order valence-electron chi connectivity index (χ2n) is 4.53. The first-order valence-electron chi connectivity index (χ1n) is 6.27. The molecule has 0 spiro atoms. The van der Waals surface area contributed by atoms with Gasteiger partial charge in [0.05, 0.1) is 5.02 Å². The molecule has 0 saturated heterocycles. The predicted octanol–water partition coefficient (Wildman–Crippen LogP) is 3.74. The third-order valence-electron chi connectivity index (χ3n) is 2.63. The molecule has 3 heteroatoms. The minimum atomic E-state index is 0.154. The van der Waals surface area contributed by atoms with Gasteiger partial charge in [0.25, 0.3) is 0 Å². The third kappa shape index (κ3) is 4.97. The fourth-order valence-corrected chi connectivity index (χ4v) is 1.72. The Morgan fingerprint density at radius 2 is 2.00 bits per heavy atom. The number of hydrogen-bond acceptors (Lipinski definition) is 2. The van der Waals surface area contributed by atoms with Gasteiger partial charge < -0.3 is 10.1 Å². The van der Waals surface area contributed by atoms with Crippen molar-refractivity contribution in [1.29, 1.82) is 0 Å². The van der Waals surface area contributed by atoms with Gasteiger partial charge in [-0.1, -0.05) is 44.5 Å². The van der Waals surface area contributed by atoms with Crippen LogP contribution in [-0.2, 0) is 0 Å². The van der Waals surface area contributed by atoms with Crippen LogP contribution in [0.5, 0.6) is 5.75 Å². The summed E-state index contributed by atoms with van der Waals surface area (Å²) in [4.78, 5) is 0. The molecule has 0 bridgehead atoms. The van der Waals surface area contributed by atoms with Crippen LogP contribution in [0, 0.1) is 5.92 Å². The van der Waals surface area contributed by atoms with Crippen LogP contribution < -0.4 is 10.1 Å². The number of benzene rings is 1. The van der Waals surface area contributed by atoms with Crippen LogP contribution in [0.25, 0.3) is 0 Å². The summed E-state index contributed by atoms with van der Waals surface area (Å²) in [6.45, 7) is 8.36. The topological polar surface area (TPSA) is 21.3 Å². The molecule has 0 aliphatic heterocycles. The second-order valence-corrected chi connectivity index (χ2v) is 4.94. The molecule has 0 radical (unpaired) electrons. The first kappa shape index (κ1) is 14.3. The van der Waals surface area contributed by atoms with Gasteiger partial charge in [0.2, 0.25) is 0 Å². The van der Waals surface area contributed by atoms with Crippen molar-refractivity contribution >= 4 is 11.6 Å². The molecule has 0 amide bonds. The normalized spacial score (nSPS) is 12.8. The average Bonchev–Trinajstić information content (AvgIpc) is 2.30. The van der Waals surface area contributed by atoms with Crippen LogP contribution in [-0.4, -0.2) is 19.2 Å². The van der Waals surface area contributed by atoms with Gasteiger partial charge in [0, 0.05) is 6.54 Å². The number of hydrogen-bond donors (Lipinski definition) is 1. The van der Waals surface area contributed by atoms with Crippen molar-refractivity contribution in [2.75, 3.05) is 13.1 Å². The van der Waals surface area contributed by atoms with E-state index in [4.69, 9.17) is 16.3 Å². The molecule has 1 aromatic carbocycles. The molecule has 1 rings (SSSR count). The molecule has 1 aromatic rings. The third-order valence-corrected chi connectivity index (χ3v) is 2.94. The highest BCUT2D eigenvalue weighted by atomic mass is 35.5. The largest absolute Gasteiger partial charge is 0.487 e. The van der Waals surface area contributed by atoms with Gasteiger partial charge >= 0.3 is 0 Å². The zero-order valence-corrected chi connectivity index (χ0v) is 11.6. The fraction of sp³-hybridized carbons (Fsp3) is 0.571. The Morgan fingerprint density at radius 3 is 2.59 bits per heavy atom. The van der Waals surface area contributed by atoms with Crippen LogP contribution in [0.4, 0.5) is 0 Å². The summed E-state index contributed by atoms with van der Waals surface area (Å²) in [5.74, 6) is 1.22. The maximum Gasteiger partial charge on any atom is 0.138 e. The molecule has 17 heavy (non-hydrogen) atoms. The molecule has 0 fully saturated rings. The highest BCUT2D eigenvalue weighted by Gasteiger charge is 2.15. The van der Waals surface area contributed by atoms with Gasteiger partial charge in [-0.25, -0.2) is 0 Å². The Morgan fingerprint density at radius 1 is 1.29 bits per heavy atom. The minimum Gasteiger partial charge on any atom is -0.487 e. The lowest BCUT2D eigenvalue weighted by atomic mass is 10.1.